The van der Waals surface area contributed by atoms with Gasteiger partial charge in [0.15, 0.2) is 0 Å². The van der Waals surface area contributed by atoms with Crippen molar-refractivity contribution in [1.82, 2.24) is 0 Å². The van der Waals surface area contributed by atoms with Crippen LogP contribution < -0.4 is 18.9 Å². The number of anilines is 2. The fourth-order valence-corrected chi connectivity index (χ4v) is 5.81. The summed E-state index contributed by atoms with van der Waals surface area (Å²) < 4.78 is 67.0. The second-order valence-corrected chi connectivity index (χ2v) is 10.5. The Morgan fingerprint density at radius 3 is 1.38 bits per heavy atom. The zero-order valence-electron chi connectivity index (χ0n) is 16.8. The highest BCUT2D eigenvalue weighted by atomic mass is 35.5. The number of methoxy groups -OCH3 is 2. The molecule has 8 nitrogen and oxygen atoms in total. The highest BCUT2D eigenvalue weighted by molar-refractivity contribution is 7.93. The molecule has 0 atom stereocenters. The lowest BCUT2D eigenvalue weighted by molar-refractivity contribution is 0.402. The maximum Gasteiger partial charge on any atom is 0.265 e. The molecule has 0 aliphatic carbocycles. The number of hydrogen-bond donors (Lipinski definition) is 2. The van der Waals surface area contributed by atoms with Crippen LogP contribution in [0.2, 0.25) is 10.0 Å². The summed E-state index contributed by atoms with van der Waals surface area (Å²) in [6, 6.07) is 14.2. The van der Waals surface area contributed by atoms with E-state index >= 15 is 0 Å². The predicted octanol–water partition coefficient (Wildman–Crippen LogP) is 4.61. The average Bonchev–Trinajstić information content (AvgIpc) is 2.74. The molecule has 3 rings (SSSR count). The molecule has 0 heterocycles. The van der Waals surface area contributed by atoms with E-state index in [9.17, 15) is 16.8 Å². The molecule has 2 N–H and O–H groups in total. The average molecular weight is 517 g/mol. The lowest BCUT2D eigenvalue weighted by Gasteiger charge is -2.17. The number of halogens is 2. The van der Waals surface area contributed by atoms with Gasteiger partial charge in [-0.2, -0.15) is 0 Å². The fraction of sp³-hybridized carbons (Fsp3) is 0.100. The minimum atomic E-state index is -4.18. The van der Waals surface area contributed by atoms with E-state index in [4.69, 9.17) is 32.7 Å². The maximum atomic E-state index is 13.0. The molecule has 0 spiro atoms. The molecule has 0 aliphatic heterocycles. The van der Waals surface area contributed by atoms with Gasteiger partial charge in [-0.3, -0.25) is 9.44 Å². The molecule has 0 radical (unpaired) electrons. The van der Waals surface area contributed by atoms with Crippen molar-refractivity contribution in [2.75, 3.05) is 23.7 Å². The van der Waals surface area contributed by atoms with Gasteiger partial charge in [0.1, 0.15) is 21.3 Å². The van der Waals surface area contributed by atoms with Crippen LogP contribution >= 0.6 is 23.2 Å². The summed E-state index contributed by atoms with van der Waals surface area (Å²) in [7, 11) is -5.72. The summed E-state index contributed by atoms with van der Waals surface area (Å²) in [5.41, 5.74) is -0.0294. The molecular formula is C20H18Cl2N2O6S2. The van der Waals surface area contributed by atoms with E-state index in [0.29, 0.717) is 0 Å². The van der Waals surface area contributed by atoms with Crippen molar-refractivity contribution in [3.63, 3.8) is 0 Å². The van der Waals surface area contributed by atoms with E-state index in [-0.39, 0.29) is 42.7 Å². The molecule has 0 saturated heterocycles. The van der Waals surface area contributed by atoms with Crippen LogP contribution in [0.4, 0.5) is 11.4 Å². The molecule has 0 aliphatic rings. The van der Waals surface area contributed by atoms with E-state index in [1.807, 2.05) is 0 Å². The Hall–Kier alpha value is -2.66. The van der Waals surface area contributed by atoms with Gasteiger partial charge in [-0.15, -0.1) is 0 Å². The summed E-state index contributed by atoms with van der Waals surface area (Å²) in [6.07, 6.45) is 0. The smallest absolute Gasteiger partial charge is 0.265 e. The number of hydrogen-bond acceptors (Lipinski definition) is 6. The molecular weight excluding hydrogens is 499 g/mol. The summed E-state index contributed by atoms with van der Waals surface area (Å²) in [6.45, 7) is 0. The van der Waals surface area contributed by atoms with Crippen LogP contribution in [-0.4, -0.2) is 31.1 Å². The van der Waals surface area contributed by atoms with Gasteiger partial charge in [-0.05, 0) is 48.5 Å². The van der Waals surface area contributed by atoms with Crippen molar-refractivity contribution in [3.8, 4) is 11.5 Å². The maximum absolute atomic E-state index is 13.0. The van der Waals surface area contributed by atoms with Crippen molar-refractivity contribution < 1.29 is 26.3 Å². The Morgan fingerprint density at radius 2 is 1.03 bits per heavy atom. The first-order valence-electron chi connectivity index (χ1n) is 8.89. The lowest BCUT2D eigenvalue weighted by atomic mass is 10.3. The molecule has 3 aromatic rings. The van der Waals surface area contributed by atoms with Gasteiger partial charge in [0.05, 0.1) is 25.6 Å². The van der Waals surface area contributed by atoms with Gasteiger partial charge in [-0.25, -0.2) is 16.8 Å². The molecule has 0 amide bonds. The van der Waals surface area contributed by atoms with Crippen LogP contribution in [-0.2, 0) is 20.0 Å². The number of sulfonamides is 2. The van der Waals surface area contributed by atoms with Crippen LogP contribution in [0.1, 0.15) is 0 Å². The molecule has 170 valence electrons. The van der Waals surface area contributed by atoms with Gasteiger partial charge in [0.25, 0.3) is 20.0 Å². The van der Waals surface area contributed by atoms with Crippen LogP contribution in [0.3, 0.4) is 0 Å². The molecule has 0 saturated carbocycles. The molecule has 32 heavy (non-hydrogen) atoms. The number of nitrogens with one attached hydrogen (secondary N) is 2. The third-order valence-corrected chi connectivity index (χ3v) is 7.49. The van der Waals surface area contributed by atoms with Gasteiger partial charge < -0.3 is 9.47 Å². The zero-order chi connectivity index (χ0) is 23.5. The monoisotopic (exact) mass is 516 g/mol. The van der Waals surface area contributed by atoms with Crippen LogP contribution in [0.15, 0.2) is 70.5 Å². The largest absolute Gasteiger partial charge is 0.495 e. The van der Waals surface area contributed by atoms with Crippen molar-refractivity contribution >= 4 is 54.6 Å². The second-order valence-electron chi connectivity index (χ2n) is 6.35. The third kappa shape index (κ3) is 5.21. The normalized spacial score (nSPS) is 11.6. The van der Waals surface area contributed by atoms with Crippen molar-refractivity contribution in [2.45, 2.75) is 9.79 Å². The van der Waals surface area contributed by atoms with Crippen molar-refractivity contribution in [2.24, 2.45) is 0 Å². The molecule has 12 heteroatoms. The molecule has 0 bridgehead atoms. The summed E-state index contributed by atoms with van der Waals surface area (Å²) >= 11 is 11.9. The Bertz CT molecular complexity index is 1260. The first-order chi connectivity index (χ1) is 15.1. The highest BCUT2D eigenvalue weighted by Crippen LogP contribution is 2.33. The Balaban J connectivity index is 2.00. The van der Waals surface area contributed by atoms with E-state index in [2.05, 4.69) is 9.44 Å². The molecule has 3 aromatic carbocycles. The van der Waals surface area contributed by atoms with E-state index < -0.39 is 20.0 Å². The molecule has 0 aromatic heterocycles. The van der Waals surface area contributed by atoms with Crippen LogP contribution in [0, 0.1) is 0 Å². The predicted molar refractivity (Wildman–Crippen MR) is 124 cm³/mol. The second kappa shape index (κ2) is 9.45. The number of rotatable bonds is 8. The summed E-state index contributed by atoms with van der Waals surface area (Å²) in [5, 5.41) is 0.376. The SMILES string of the molecule is COc1ccc(Cl)cc1S(=O)(=O)Nc1ccccc1NS(=O)(=O)c1cc(Cl)ccc1OC. The van der Waals surface area contributed by atoms with Gasteiger partial charge in [-0.1, -0.05) is 35.3 Å². The minimum absolute atomic E-state index is 0.0147. The first-order valence-corrected chi connectivity index (χ1v) is 12.6. The Kier molecular flexibility index (Phi) is 7.09. The van der Waals surface area contributed by atoms with Crippen LogP contribution in [0.5, 0.6) is 11.5 Å². The zero-order valence-corrected chi connectivity index (χ0v) is 19.9. The van der Waals surface area contributed by atoms with Gasteiger partial charge in [0, 0.05) is 10.0 Å². The van der Waals surface area contributed by atoms with E-state index in [0.717, 1.165) is 0 Å². The quantitative estimate of drug-likeness (QED) is 0.452. The molecule has 0 fully saturated rings. The lowest BCUT2D eigenvalue weighted by Crippen LogP contribution is -2.18. The Morgan fingerprint density at radius 1 is 0.656 bits per heavy atom. The number of benzene rings is 3. The standard InChI is InChI=1S/C20H18Cl2N2O6S2/c1-29-17-9-7-13(21)11-19(17)31(25,26)23-15-5-3-4-6-16(15)24-32(27,28)20-12-14(22)8-10-18(20)30-2/h3-12,23-24H,1-2H3. The van der Waals surface area contributed by atoms with Gasteiger partial charge in [0.2, 0.25) is 0 Å². The minimum Gasteiger partial charge on any atom is -0.495 e. The number of ether oxygens (including phenoxy) is 2. The van der Waals surface area contributed by atoms with E-state index in [1.54, 1.807) is 12.1 Å². The molecule has 0 unspecified atom stereocenters. The highest BCUT2D eigenvalue weighted by Gasteiger charge is 2.24. The van der Waals surface area contributed by atoms with Gasteiger partial charge >= 0.3 is 0 Å². The third-order valence-electron chi connectivity index (χ3n) is 4.25. The summed E-state index contributed by atoms with van der Waals surface area (Å²) in [5.74, 6) is 0.146. The first kappa shape index (κ1) is 24.0. The topological polar surface area (TPSA) is 111 Å². The van der Waals surface area contributed by atoms with Crippen molar-refractivity contribution in [1.29, 1.82) is 0 Å². The fourth-order valence-electron chi connectivity index (χ4n) is 2.78. The van der Waals surface area contributed by atoms with Crippen molar-refractivity contribution in [3.05, 3.63) is 70.7 Å². The van der Waals surface area contributed by atoms with Crippen LogP contribution in [0.25, 0.3) is 0 Å². The summed E-state index contributed by atoms with van der Waals surface area (Å²) in [4.78, 5) is -0.414. The Labute approximate surface area is 196 Å². The number of para-hydroxylation sites is 2. The van der Waals surface area contributed by atoms with E-state index in [1.165, 1.54) is 62.8 Å².